The van der Waals surface area contributed by atoms with Crippen LogP contribution in [0.25, 0.3) is 0 Å². The molecule has 2 saturated carbocycles. The van der Waals surface area contributed by atoms with Crippen LogP contribution in [0, 0.1) is 0 Å². The van der Waals surface area contributed by atoms with Gasteiger partial charge >= 0.3 is 0 Å². The van der Waals surface area contributed by atoms with Gasteiger partial charge in [-0.05, 0) is 50.8 Å². The summed E-state index contributed by atoms with van der Waals surface area (Å²) in [6, 6.07) is 6.96. The molecule has 0 N–H and O–H groups in total. The lowest BCUT2D eigenvalue weighted by Crippen LogP contribution is -2.41. The third kappa shape index (κ3) is 4.60. The molecule has 2 fully saturated rings. The molecular formula is C22H34N2O3S. The van der Waals surface area contributed by atoms with Crippen LogP contribution in [-0.2, 0) is 10.0 Å². The van der Waals surface area contributed by atoms with Crippen molar-refractivity contribution in [1.82, 2.24) is 9.21 Å². The average Bonchev–Trinajstić information content (AvgIpc) is 2.75. The predicted octanol–water partition coefficient (Wildman–Crippen LogP) is 4.43. The topological polar surface area (TPSA) is 57.7 Å². The fourth-order valence-electron chi connectivity index (χ4n) is 4.72. The van der Waals surface area contributed by atoms with Crippen LogP contribution in [0.5, 0.6) is 0 Å². The summed E-state index contributed by atoms with van der Waals surface area (Å²) in [6.45, 7) is 2.66. The second kappa shape index (κ2) is 9.40. The first-order valence-electron chi connectivity index (χ1n) is 10.8. The summed E-state index contributed by atoms with van der Waals surface area (Å²) >= 11 is 0. The molecule has 0 radical (unpaired) electrons. The Kier molecular flexibility index (Phi) is 7.15. The van der Waals surface area contributed by atoms with Crippen LogP contribution in [-0.4, -0.2) is 49.2 Å². The number of sulfonamides is 1. The van der Waals surface area contributed by atoms with Crippen LogP contribution in [0.2, 0.25) is 0 Å². The zero-order chi connectivity index (χ0) is 20.1. The van der Waals surface area contributed by atoms with E-state index in [1.54, 1.807) is 31.3 Å². The fraction of sp³-hybridized carbons (Fsp3) is 0.682. The smallest absolute Gasteiger partial charge is 0.254 e. The van der Waals surface area contributed by atoms with E-state index < -0.39 is 10.0 Å². The SMILES string of the molecule is CCN(C(=O)c1cccc(S(=O)(=O)N(C)C2CCCCC2)c1)C1CCCCC1. The number of hydrogen-bond donors (Lipinski definition) is 0. The zero-order valence-corrected chi connectivity index (χ0v) is 18.1. The number of nitrogens with zero attached hydrogens (tertiary/aromatic N) is 2. The molecule has 1 aromatic carbocycles. The van der Waals surface area contributed by atoms with Gasteiger partial charge in [0.15, 0.2) is 0 Å². The largest absolute Gasteiger partial charge is 0.336 e. The zero-order valence-electron chi connectivity index (χ0n) is 17.3. The molecule has 28 heavy (non-hydrogen) atoms. The minimum Gasteiger partial charge on any atom is -0.336 e. The molecule has 0 saturated heterocycles. The van der Waals surface area contributed by atoms with Crippen LogP contribution >= 0.6 is 0 Å². The molecule has 2 aliphatic rings. The van der Waals surface area contributed by atoms with Gasteiger partial charge in [-0.25, -0.2) is 8.42 Å². The van der Waals surface area contributed by atoms with Crippen molar-refractivity contribution in [3.63, 3.8) is 0 Å². The minimum absolute atomic E-state index is 0.0493. The highest BCUT2D eigenvalue weighted by Gasteiger charge is 2.30. The quantitative estimate of drug-likeness (QED) is 0.702. The summed E-state index contributed by atoms with van der Waals surface area (Å²) in [5.74, 6) is -0.0493. The fourth-order valence-corrected chi connectivity index (χ4v) is 6.19. The molecule has 0 atom stereocenters. The third-order valence-corrected chi connectivity index (χ3v) is 8.37. The normalized spacial score (nSPS) is 19.7. The first-order chi connectivity index (χ1) is 13.4. The maximum Gasteiger partial charge on any atom is 0.254 e. The molecular weight excluding hydrogens is 372 g/mol. The lowest BCUT2D eigenvalue weighted by molar-refractivity contribution is 0.0647. The standard InChI is InChI=1S/C22H34N2O3S/c1-3-24(20-14-8-5-9-15-20)22(25)18-11-10-16-21(17-18)28(26,27)23(2)19-12-6-4-7-13-19/h10-11,16-17,19-20H,3-9,12-15H2,1-2H3. The van der Waals surface area contributed by atoms with E-state index in [2.05, 4.69) is 0 Å². The molecule has 0 aromatic heterocycles. The van der Waals surface area contributed by atoms with E-state index in [1.807, 2.05) is 11.8 Å². The molecule has 1 aromatic rings. The second-order valence-electron chi connectivity index (χ2n) is 8.22. The van der Waals surface area contributed by atoms with Crippen molar-refractivity contribution in [1.29, 1.82) is 0 Å². The van der Waals surface area contributed by atoms with Crippen molar-refractivity contribution < 1.29 is 13.2 Å². The molecule has 1 amide bonds. The van der Waals surface area contributed by atoms with E-state index in [4.69, 9.17) is 0 Å². The first-order valence-corrected chi connectivity index (χ1v) is 12.3. The van der Waals surface area contributed by atoms with Crippen molar-refractivity contribution in [3.8, 4) is 0 Å². The van der Waals surface area contributed by atoms with Gasteiger partial charge in [-0.1, -0.05) is 44.6 Å². The van der Waals surface area contributed by atoms with E-state index in [-0.39, 0.29) is 22.9 Å². The molecule has 0 spiro atoms. The second-order valence-corrected chi connectivity index (χ2v) is 10.2. The van der Waals surface area contributed by atoms with E-state index >= 15 is 0 Å². The van der Waals surface area contributed by atoms with Gasteiger partial charge in [-0.2, -0.15) is 4.31 Å². The maximum absolute atomic E-state index is 13.1. The van der Waals surface area contributed by atoms with Gasteiger partial charge in [0.2, 0.25) is 10.0 Å². The summed E-state index contributed by atoms with van der Waals surface area (Å²) in [7, 11) is -1.91. The highest BCUT2D eigenvalue weighted by atomic mass is 32.2. The summed E-state index contributed by atoms with van der Waals surface area (Å²) in [6.07, 6.45) is 10.8. The third-order valence-electron chi connectivity index (χ3n) is 6.46. The van der Waals surface area contributed by atoms with Crippen LogP contribution in [0.1, 0.15) is 81.5 Å². The van der Waals surface area contributed by atoms with Gasteiger partial charge in [0.1, 0.15) is 0 Å². The molecule has 5 nitrogen and oxygen atoms in total. The predicted molar refractivity (Wildman–Crippen MR) is 112 cm³/mol. The molecule has 3 rings (SSSR count). The van der Waals surface area contributed by atoms with E-state index in [0.717, 1.165) is 51.4 Å². The highest BCUT2D eigenvalue weighted by Crippen LogP contribution is 2.28. The molecule has 0 heterocycles. The Hall–Kier alpha value is -1.40. The first kappa shape index (κ1) is 21.3. The Labute approximate surface area is 170 Å². The van der Waals surface area contributed by atoms with E-state index in [9.17, 15) is 13.2 Å². The highest BCUT2D eigenvalue weighted by molar-refractivity contribution is 7.89. The Morgan fingerprint density at radius 2 is 1.54 bits per heavy atom. The molecule has 0 aliphatic heterocycles. The lowest BCUT2D eigenvalue weighted by atomic mass is 9.93. The van der Waals surface area contributed by atoms with Crippen molar-refractivity contribution >= 4 is 15.9 Å². The summed E-state index contributed by atoms with van der Waals surface area (Å²) in [5, 5.41) is 0. The summed E-state index contributed by atoms with van der Waals surface area (Å²) in [4.78, 5) is 15.3. The number of rotatable bonds is 6. The Bertz CT molecular complexity index is 766. The van der Waals surface area contributed by atoms with Gasteiger partial charge in [0, 0.05) is 31.2 Å². The van der Waals surface area contributed by atoms with Crippen LogP contribution < -0.4 is 0 Å². The van der Waals surface area contributed by atoms with Gasteiger partial charge in [0.05, 0.1) is 4.90 Å². The Morgan fingerprint density at radius 3 is 2.11 bits per heavy atom. The van der Waals surface area contributed by atoms with E-state index in [0.29, 0.717) is 12.1 Å². The molecule has 2 aliphatic carbocycles. The van der Waals surface area contributed by atoms with Crippen molar-refractivity contribution in [3.05, 3.63) is 29.8 Å². The number of carbonyl (C=O) groups is 1. The Morgan fingerprint density at radius 1 is 0.964 bits per heavy atom. The van der Waals surface area contributed by atoms with Gasteiger partial charge < -0.3 is 4.90 Å². The molecule has 0 bridgehead atoms. The van der Waals surface area contributed by atoms with Crippen molar-refractivity contribution in [2.24, 2.45) is 0 Å². The van der Waals surface area contributed by atoms with Crippen LogP contribution in [0.4, 0.5) is 0 Å². The minimum atomic E-state index is -3.59. The van der Waals surface area contributed by atoms with E-state index in [1.165, 1.54) is 17.1 Å². The number of hydrogen-bond acceptors (Lipinski definition) is 3. The van der Waals surface area contributed by atoms with Crippen LogP contribution in [0.15, 0.2) is 29.2 Å². The van der Waals surface area contributed by atoms with Gasteiger partial charge in [-0.15, -0.1) is 0 Å². The molecule has 6 heteroatoms. The monoisotopic (exact) mass is 406 g/mol. The average molecular weight is 407 g/mol. The summed E-state index contributed by atoms with van der Waals surface area (Å²) in [5.41, 5.74) is 0.477. The number of amides is 1. The van der Waals surface area contributed by atoms with Gasteiger partial charge in [0.25, 0.3) is 5.91 Å². The van der Waals surface area contributed by atoms with Gasteiger partial charge in [-0.3, -0.25) is 4.79 Å². The number of carbonyl (C=O) groups excluding carboxylic acids is 1. The Balaban J connectivity index is 1.81. The molecule has 156 valence electrons. The number of benzene rings is 1. The van der Waals surface area contributed by atoms with Crippen molar-refractivity contribution in [2.75, 3.05) is 13.6 Å². The van der Waals surface area contributed by atoms with Crippen molar-refractivity contribution in [2.45, 2.75) is 88.1 Å². The summed E-state index contributed by atoms with van der Waals surface area (Å²) < 4.78 is 27.8. The molecule has 0 unspecified atom stereocenters. The van der Waals surface area contributed by atoms with Crippen LogP contribution in [0.3, 0.4) is 0 Å². The lowest BCUT2D eigenvalue weighted by Gasteiger charge is -2.34. The maximum atomic E-state index is 13.1.